The molecule has 1 fully saturated rings. The number of benzene rings is 3. The summed E-state index contributed by atoms with van der Waals surface area (Å²) >= 11 is 0. The number of nitrogens with one attached hydrogen (secondary N) is 1. The average Bonchev–Trinajstić information content (AvgIpc) is 3.11. The Bertz CT molecular complexity index is 1290. The number of piperazine rings is 1. The third-order valence-electron chi connectivity index (χ3n) is 8.97. The lowest BCUT2D eigenvalue weighted by Crippen LogP contribution is -2.61. The molecule has 4 rings (SSSR count). The molecule has 3 aromatic rings. The summed E-state index contributed by atoms with van der Waals surface area (Å²) in [6.45, 7) is 9.05. The molecule has 1 saturated heterocycles. The van der Waals surface area contributed by atoms with Crippen molar-refractivity contribution in [1.29, 1.82) is 0 Å². The predicted octanol–water partition coefficient (Wildman–Crippen LogP) is 7.96. The second-order valence-corrected chi connectivity index (χ2v) is 12.4. The molecule has 0 bridgehead atoms. The van der Waals surface area contributed by atoms with E-state index in [2.05, 4.69) is 30.1 Å². The first-order valence-electron chi connectivity index (χ1n) is 17.6. The van der Waals surface area contributed by atoms with Gasteiger partial charge in [0.15, 0.2) is 0 Å². The molecular weight excluding hydrogens is 586 g/mol. The molecule has 0 spiro atoms. The molecule has 1 heterocycles. The molecule has 0 unspecified atom stereocenters. The lowest BCUT2D eigenvalue weighted by atomic mass is 10.1. The van der Waals surface area contributed by atoms with Gasteiger partial charge in [-0.05, 0) is 74.7 Å². The lowest BCUT2D eigenvalue weighted by Gasteiger charge is -2.44. The van der Waals surface area contributed by atoms with E-state index in [1.54, 1.807) is 12.0 Å². The maximum Gasteiger partial charge on any atom is 0.329 e. The molecule has 8 nitrogen and oxygen atoms in total. The summed E-state index contributed by atoms with van der Waals surface area (Å²) in [5.74, 6) is 0.900. The first kappa shape index (κ1) is 35.8. The van der Waals surface area contributed by atoms with Gasteiger partial charge in [-0.15, -0.1) is 0 Å². The van der Waals surface area contributed by atoms with Gasteiger partial charge in [0, 0.05) is 32.7 Å². The first-order chi connectivity index (χ1) is 23.1. The van der Waals surface area contributed by atoms with Crippen LogP contribution in [0.1, 0.15) is 64.4 Å². The molecule has 8 heteroatoms. The second kappa shape index (κ2) is 19.6. The molecule has 254 valence electrons. The van der Waals surface area contributed by atoms with Crippen molar-refractivity contribution in [1.82, 2.24) is 20.0 Å². The zero-order chi connectivity index (χ0) is 33.3. The topological polar surface area (TPSA) is 68.4 Å². The number of para-hydroxylation sites is 3. The Balaban J connectivity index is 1.51. The molecule has 1 aliphatic rings. The molecule has 4 amide bonds. The van der Waals surface area contributed by atoms with Crippen LogP contribution in [0, 0.1) is 0 Å². The minimum Gasteiger partial charge on any atom is -0.496 e. The molecule has 1 aliphatic heterocycles. The van der Waals surface area contributed by atoms with Crippen LogP contribution in [0.4, 0.5) is 21.0 Å². The summed E-state index contributed by atoms with van der Waals surface area (Å²) < 4.78 is 5.53. The van der Waals surface area contributed by atoms with Crippen LogP contribution in [0.2, 0.25) is 0 Å². The van der Waals surface area contributed by atoms with Crippen molar-refractivity contribution in [2.24, 2.45) is 0 Å². The molecule has 3 aromatic carbocycles. The zero-order valence-corrected chi connectivity index (χ0v) is 28.8. The number of anilines is 2. The van der Waals surface area contributed by atoms with E-state index in [4.69, 9.17) is 4.74 Å². The SMILES string of the molecule is CCCCCN(CCCCC)C(=O)N1CCN(C(=O)N(c2ccccc2)c2ccccc2)[C@@H](CCNCCc2ccccc2OC)C1. The molecule has 1 atom stereocenters. The Morgan fingerprint density at radius 1 is 0.766 bits per heavy atom. The lowest BCUT2D eigenvalue weighted by molar-refractivity contribution is 0.0880. The number of unbranched alkanes of at least 4 members (excludes halogenated alkanes) is 4. The Hall–Kier alpha value is -4.04. The van der Waals surface area contributed by atoms with Gasteiger partial charge in [-0.3, -0.25) is 4.90 Å². The molecule has 1 N–H and O–H groups in total. The van der Waals surface area contributed by atoms with E-state index in [0.717, 1.165) is 94.7 Å². The Morgan fingerprint density at radius 3 is 1.96 bits per heavy atom. The minimum absolute atomic E-state index is 0.0590. The molecule has 0 saturated carbocycles. The van der Waals surface area contributed by atoms with Gasteiger partial charge >= 0.3 is 12.1 Å². The van der Waals surface area contributed by atoms with Crippen LogP contribution in [0.25, 0.3) is 0 Å². The number of urea groups is 2. The van der Waals surface area contributed by atoms with Crippen molar-refractivity contribution in [2.75, 3.05) is 57.8 Å². The van der Waals surface area contributed by atoms with Crippen molar-refractivity contribution >= 4 is 23.4 Å². The van der Waals surface area contributed by atoms with Crippen LogP contribution in [0.15, 0.2) is 84.9 Å². The number of nitrogens with zero attached hydrogens (tertiary/aromatic N) is 4. The largest absolute Gasteiger partial charge is 0.496 e. The van der Waals surface area contributed by atoms with Crippen LogP contribution < -0.4 is 15.0 Å². The number of rotatable bonds is 17. The van der Waals surface area contributed by atoms with E-state index in [9.17, 15) is 9.59 Å². The molecule has 0 aromatic heterocycles. The fourth-order valence-electron chi connectivity index (χ4n) is 6.32. The van der Waals surface area contributed by atoms with Crippen molar-refractivity contribution in [3.63, 3.8) is 0 Å². The maximum absolute atomic E-state index is 14.5. The van der Waals surface area contributed by atoms with Gasteiger partial charge in [0.1, 0.15) is 5.75 Å². The van der Waals surface area contributed by atoms with Gasteiger partial charge in [0.05, 0.1) is 24.5 Å². The molecule has 0 aliphatic carbocycles. The smallest absolute Gasteiger partial charge is 0.329 e. The zero-order valence-electron chi connectivity index (χ0n) is 28.8. The van der Waals surface area contributed by atoms with Gasteiger partial charge in [-0.1, -0.05) is 94.1 Å². The van der Waals surface area contributed by atoms with Crippen LogP contribution >= 0.6 is 0 Å². The molecule has 0 radical (unpaired) electrons. The van der Waals surface area contributed by atoms with Gasteiger partial charge in [0.2, 0.25) is 0 Å². The van der Waals surface area contributed by atoms with Gasteiger partial charge in [-0.25, -0.2) is 9.59 Å². The quantitative estimate of drug-likeness (QED) is 0.152. The van der Waals surface area contributed by atoms with Crippen LogP contribution in [0.3, 0.4) is 0 Å². The maximum atomic E-state index is 14.5. The first-order valence-corrected chi connectivity index (χ1v) is 17.6. The van der Waals surface area contributed by atoms with Crippen molar-refractivity contribution in [3.8, 4) is 5.75 Å². The number of methoxy groups -OCH3 is 1. The third-order valence-corrected chi connectivity index (χ3v) is 8.97. The van der Waals surface area contributed by atoms with E-state index in [0.29, 0.717) is 19.6 Å². The molecule has 47 heavy (non-hydrogen) atoms. The van der Waals surface area contributed by atoms with Crippen LogP contribution in [-0.2, 0) is 6.42 Å². The average molecular weight is 642 g/mol. The van der Waals surface area contributed by atoms with Crippen molar-refractivity contribution in [2.45, 2.75) is 71.3 Å². The summed E-state index contributed by atoms with van der Waals surface area (Å²) in [5.41, 5.74) is 2.82. The van der Waals surface area contributed by atoms with E-state index >= 15 is 0 Å². The Labute approximate surface area is 282 Å². The monoisotopic (exact) mass is 641 g/mol. The van der Waals surface area contributed by atoms with Crippen LogP contribution in [0.5, 0.6) is 5.75 Å². The number of hydrogen-bond donors (Lipinski definition) is 1. The van der Waals surface area contributed by atoms with Gasteiger partial charge in [-0.2, -0.15) is 0 Å². The summed E-state index contributed by atoms with van der Waals surface area (Å²) in [5, 5.41) is 3.60. The summed E-state index contributed by atoms with van der Waals surface area (Å²) in [7, 11) is 1.71. The summed E-state index contributed by atoms with van der Waals surface area (Å²) in [4.78, 5) is 36.4. The fourth-order valence-corrected chi connectivity index (χ4v) is 6.32. The predicted molar refractivity (Wildman–Crippen MR) is 193 cm³/mol. The highest BCUT2D eigenvalue weighted by atomic mass is 16.5. The highest BCUT2D eigenvalue weighted by Crippen LogP contribution is 2.29. The highest BCUT2D eigenvalue weighted by Gasteiger charge is 2.36. The Kier molecular flexibility index (Phi) is 14.9. The minimum atomic E-state index is -0.123. The molecular formula is C39H55N5O3. The number of hydrogen-bond acceptors (Lipinski definition) is 4. The van der Waals surface area contributed by atoms with Gasteiger partial charge < -0.3 is 24.8 Å². The van der Waals surface area contributed by atoms with E-state index in [1.165, 1.54) is 5.56 Å². The number of amides is 4. The van der Waals surface area contributed by atoms with Crippen molar-refractivity contribution < 1.29 is 14.3 Å². The van der Waals surface area contributed by atoms with E-state index in [1.807, 2.05) is 88.7 Å². The summed E-state index contributed by atoms with van der Waals surface area (Å²) in [6, 6.07) is 27.7. The van der Waals surface area contributed by atoms with Crippen molar-refractivity contribution in [3.05, 3.63) is 90.5 Å². The highest BCUT2D eigenvalue weighted by molar-refractivity contribution is 5.99. The number of carbonyl (C=O) groups is 2. The van der Waals surface area contributed by atoms with Crippen LogP contribution in [-0.4, -0.2) is 85.7 Å². The second-order valence-electron chi connectivity index (χ2n) is 12.4. The van der Waals surface area contributed by atoms with E-state index in [-0.39, 0.29) is 18.1 Å². The fraction of sp³-hybridized carbons (Fsp3) is 0.487. The number of carbonyl (C=O) groups excluding carboxylic acids is 2. The Morgan fingerprint density at radius 2 is 1.36 bits per heavy atom. The van der Waals surface area contributed by atoms with E-state index < -0.39 is 0 Å². The number of ether oxygens (including phenoxy) is 1. The standard InChI is InChI=1S/C39H55N5O3/c1-4-6-16-28-41(29-17-7-5-2)38(45)42-30-31-43(36(32-42)25-27-40-26-24-33-18-14-15-23-37(33)47-3)39(46)44(34-19-10-8-11-20-34)35-21-12-9-13-22-35/h8-15,18-23,36,40H,4-7,16-17,24-32H2,1-3H3/t36-/m0/s1. The third kappa shape index (κ3) is 10.5. The summed E-state index contributed by atoms with van der Waals surface area (Å²) in [6.07, 6.45) is 8.14. The van der Waals surface area contributed by atoms with Gasteiger partial charge in [0.25, 0.3) is 0 Å². The normalized spacial score (nSPS) is 14.6.